The lowest BCUT2D eigenvalue weighted by molar-refractivity contribution is 0.379. The second-order valence-corrected chi connectivity index (χ2v) is 6.38. The quantitative estimate of drug-likeness (QED) is 0.824. The van der Waals surface area contributed by atoms with Crippen LogP contribution in [0.15, 0.2) is 41.8 Å². The second kappa shape index (κ2) is 6.91. The van der Waals surface area contributed by atoms with Gasteiger partial charge < -0.3 is 10.1 Å². The van der Waals surface area contributed by atoms with E-state index in [0.29, 0.717) is 18.0 Å². The van der Waals surface area contributed by atoms with Gasteiger partial charge in [-0.2, -0.15) is 0 Å². The number of ether oxygens (including phenoxy) is 1. The molecule has 1 heterocycles. The van der Waals surface area contributed by atoms with Crippen LogP contribution in [0.3, 0.4) is 0 Å². The van der Waals surface area contributed by atoms with Crippen molar-refractivity contribution in [1.82, 2.24) is 5.32 Å². The molecule has 0 spiro atoms. The van der Waals surface area contributed by atoms with E-state index in [4.69, 9.17) is 4.74 Å². The van der Waals surface area contributed by atoms with Gasteiger partial charge in [0.2, 0.25) is 0 Å². The molecule has 0 aliphatic heterocycles. The average Bonchev–Trinajstić information content (AvgIpc) is 2.98. The summed E-state index contributed by atoms with van der Waals surface area (Å²) in [6.07, 6.45) is 0. The van der Waals surface area contributed by atoms with Crippen molar-refractivity contribution in [2.75, 3.05) is 7.11 Å². The van der Waals surface area contributed by atoms with Crippen LogP contribution < -0.4 is 10.1 Å². The van der Waals surface area contributed by atoms with E-state index in [1.54, 1.807) is 7.11 Å². The lowest BCUT2D eigenvalue weighted by atomic mass is 9.99. The predicted molar refractivity (Wildman–Crippen MR) is 86.4 cm³/mol. The van der Waals surface area contributed by atoms with E-state index in [-0.39, 0.29) is 0 Å². The summed E-state index contributed by atoms with van der Waals surface area (Å²) in [7, 11) is 1.70. The van der Waals surface area contributed by atoms with Crippen molar-refractivity contribution in [2.24, 2.45) is 5.92 Å². The standard InChI is InChI=1S/C17H23NOS/c1-12(2)17(16-6-5-11-20-16)18-13(3)14-7-9-15(19-4)10-8-14/h5-13,17-18H,1-4H3/t13-,17?/m1/s1. The number of benzene rings is 1. The number of hydrogen-bond donors (Lipinski definition) is 1. The molecule has 1 aromatic carbocycles. The molecule has 1 unspecified atom stereocenters. The first-order chi connectivity index (χ1) is 9.61. The van der Waals surface area contributed by atoms with E-state index in [9.17, 15) is 0 Å². The molecule has 0 amide bonds. The third kappa shape index (κ3) is 3.62. The zero-order valence-electron chi connectivity index (χ0n) is 12.6. The monoisotopic (exact) mass is 289 g/mol. The Labute approximate surface area is 125 Å². The Bertz CT molecular complexity index is 504. The molecule has 0 saturated carbocycles. The molecule has 0 fully saturated rings. The molecule has 0 aliphatic rings. The third-order valence-corrected chi connectivity index (χ3v) is 4.52. The van der Waals surface area contributed by atoms with Crippen molar-refractivity contribution in [3.63, 3.8) is 0 Å². The van der Waals surface area contributed by atoms with E-state index in [1.165, 1.54) is 10.4 Å². The highest BCUT2D eigenvalue weighted by molar-refractivity contribution is 7.10. The maximum absolute atomic E-state index is 5.21. The Morgan fingerprint density at radius 3 is 2.25 bits per heavy atom. The fourth-order valence-electron chi connectivity index (χ4n) is 2.33. The van der Waals surface area contributed by atoms with Crippen LogP contribution in [0.1, 0.15) is 43.3 Å². The minimum absolute atomic E-state index is 0.315. The third-order valence-electron chi connectivity index (χ3n) is 3.56. The van der Waals surface area contributed by atoms with E-state index < -0.39 is 0 Å². The van der Waals surface area contributed by atoms with Crippen LogP contribution in [0.5, 0.6) is 5.75 Å². The summed E-state index contributed by atoms with van der Waals surface area (Å²) in [4.78, 5) is 1.40. The number of methoxy groups -OCH3 is 1. The van der Waals surface area contributed by atoms with E-state index in [1.807, 2.05) is 23.5 Å². The Balaban J connectivity index is 2.09. The number of nitrogens with one attached hydrogen (secondary N) is 1. The predicted octanol–water partition coefficient (Wildman–Crippen LogP) is 4.80. The van der Waals surface area contributed by atoms with Crippen LogP contribution in [0.4, 0.5) is 0 Å². The van der Waals surface area contributed by atoms with Gasteiger partial charge in [0.1, 0.15) is 5.75 Å². The first-order valence-electron chi connectivity index (χ1n) is 7.05. The van der Waals surface area contributed by atoms with E-state index >= 15 is 0 Å². The highest BCUT2D eigenvalue weighted by Gasteiger charge is 2.19. The molecular weight excluding hydrogens is 266 g/mol. The summed E-state index contributed by atoms with van der Waals surface area (Å²) >= 11 is 1.82. The number of hydrogen-bond acceptors (Lipinski definition) is 3. The van der Waals surface area contributed by atoms with Crippen molar-refractivity contribution >= 4 is 11.3 Å². The lowest BCUT2D eigenvalue weighted by Crippen LogP contribution is -2.27. The van der Waals surface area contributed by atoms with Crippen LogP contribution in [0.25, 0.3) is 0 Å². The summed E-state index contributed by atoms with van der Waals surface area (Å²) < 4.78 is 5.21. The molecule has 2 atom stereocenters. The molecule has 3 heteroatoms. The molecule has 0 radical (unpaired) electrons. The SMILES string of the molecule is COc1ccc([C@@H](C)NC(c2cccs2)C(C)C)cc1. The second-order valence-electron chi connectivity index (χ2n) is 5.40. The van der Waals surface area contributed by atoms with Crippen LogP contribution in [-0.4, -0.2) is 7.11 Å². The van der Waals surface area contributed by atoms with Crippen molar-refractivity contribution < 1.29 is 4.74 Å². The van der Waals surface area contributed by atoms with Gasteiger partial charge in [0.25, 0.3) is 0 Å². The first kappa shape index (κ1) is 15.1. The van der Waals surface area contributed by atoms with Gasteiger partial charge >= 0.3 is 0 Å². The fourth-order valence-corrected chi connectivity index (χ4v) is 3.29. The van der Waals surface area contributed by atoms with Gasteiger partial charge in [-0.1, -0.05) is 32.0 Å². The summed E-state index contributed by atoms with van der Waals surface area (Å²) in [5.41, 5.74) is 1.29. The van der Waals surface area contributed by atoms with Gasteiger partial charge in [-0.05, 0) is 42.0 Å². The van der Waals surface area contributed by atoms with Crippen LogP contribution >= 0.6 is 11.3 Å². The molecule has 0 aliphatic carbocycles. The van der Waals surface area contributed by atoms with E-state index in [2.05, 4.69) is 55.7 Å². The van der Waals surface area contributed by atoms with Crippen LogP contribution in [-0.2, 0) is 0 Å². The van der Waals surface area contributed by atoms with Gasteiger partial charge in [0, 0.05) is 17.0 Å². The molecule has 1 N–H and O–H groups in total. The Hall–Kier alpha value is -1.32. The minimum Gasteiger partial charge on any atom is -0.497 e. The maximum Gasteiger partial charge on any atom is 0.118 e. The van der Waals surface area contributed by atoms with Gasteiger partial charge in [-0.25, -0.2) is 0 Å². The minimum atomic E-state index is 0.315. The summed E-state index contributed by atoms with van der Waals surface area (Å²) in [6.45, 7) is 6.74. The highest BCUT2D eigenvalue weighted by Crippen LogP contribution is 2.29. The molecule has 2 aromatic rings. The van der Waals surface area contributed by atoms with Crippen molar-refractivity contribution in [1.29, 1.82) is 0 Å². The molecule has 0 saturated heterocycles. The first-order valence-corrected chi connectivity index (χ1v) is 7.93. The zero-order valence-corrected chi connectivity index (χ0v) is 13.4. The van der Waals surface area contributed by atoms with Crippen LogP contribution in [0, 0.1) is 5.92 Å². The van der Waals surface area contributed by atoms with Gasteiger partial charge in [-0.15, -0.1) is 11.3 Å². The Morgan fingerprint density at radius 2 is 1.75 bits per heavy atom. The highest BCUT2D eigenvalue weighted by atomic mass is 32.1. The smallest absolute Gasteiger partial charge is 0.118 e. The summed E-state index contributed by atoms with van der Waals surface area (Å²) in [5.74, 6) is 1.47. The summed E-state index contributed by atoms with van der Waals surface area (Å²) in [6, 6.07) is 13.3. The molecule has 108 valence electrons. The van der Waals surface area contributed by atoms with Gasteiger partial charge in [0.05, 0.1) is 7.11 Å². The molecule has 0 bridgehead atoms. The van der Waals surface area contributed by atoms with Gasteiger partial charge in [0.15, 0.2) is 0 Å². The molecular formula is C17H23NOS. The molecule has 20 heavy (non-hydrogen) atoms. The summed E-state index contributed by atoms with van der Waals surface area (Å²) in [5, 5.41) is 5.89. The molecule has 1 aromatic heterocycles. The van der Waals surface area contributed by atoms with Crippen molar-refractivity contribution in [3.05, 3.63) is 52.2 Å². The zero-order chi connectivity index (χ0) is 14.5. The Morgan fingerprint density at radius 1 is 1.05 bits per heavy atom. The normalized spacial score (nSPS) is 14.2. The van der Waals surface area contributed by atoms with Crippen molar-refractivity contribution in [3.8, 4) is 5.75 Å². The lowest BCUT2D eigenvalue weighted by Gasteiger charge is -2.26. The van der Waals surface area contributed by atoms with Gasteiger partial charge in [-0.3, -0.25) is 0 Å². The molecule has 2 nitrogen and oxygen atoms in total. The topological polar surface area (TPSA) is 21.3 Å². The molecule has 2 rings (SSSR count). The Kier molecular flexibility index (Phi) is 5.21. The largest absolute Gasteiger partial charge is 0.497 e. The van der Waals surface area contributed by atoms with E-state index in [0.717, 1.165) is 5.75 Å². The maximum atomic E-state index is 5.21. The van der Waals surface area contributed by atoms with Crippen molar-refractivity contribution in [2.45, 2.75) is 32.9 Å². The fraction of sp³-hybridized carbons (Fsp3) is 0.412. The average molecular weight is 289 g/mol. The number of thiophene rings is 1. The number of rotatable bonds is 6. The van der Waals surface area contributed by atoms with Crippen LogP contribution in [0.2, 0.25) is 0 Å².